The topological polar surface area (TPSA) is 0 Å². The van der Waals surface area contributed by atoms with Gasteiger partial charge in [-0.3, -0.25) is 0 Å². The van der Waals surface area contributed by atoms with E-state index in [1.54, 1.807) is 0 Å². The Morgan fingerprint density at radius 3 is 1.00 bits per heavy atom. The third-order valence-electron chi connectivity index (χ3n) is 0. The fourth-order valence-electron chi connectivity index (χ4n) is 0. The summed E-state index contributed by atoms with van der Waals surface area (Å²) < 4.78 is 0. The molecule has 0 heterocycles. The van der Waals surface area contributed by atoms with Gasteiger partial charge < -0.3 is 0 Å². The number of hydrogen-bond donors (Lipinski definition) is 0. The van der Waals surface area contributed by atoms with Crippen LogP contribution in [0.15, 0.2) is 0 Å². The van der Waals surface area contributed by atoms with Crippen molar-refractivity contribution in [2.45, 2.75) is 0 Å². The van der Waals surface area contributed by atoms with E-state index >= 15 is 0 Å². The quantitative estimate of drug-likeness (QED) is 0.345. The summed E-state index contributed by atoms with van der Waals surface area (Å²) in [5, 5.41) is 0. The molecule has 0 aliphatic heterocycles. The van der Waals surface area contributed by atoms with Gasteiger partial charge in [0.25, 0.3) is 0 Å². The van der Waals surface area contributed by atoms with Gasteiger partial charge in [0.1, 0.15) is 0 Å². The van der Waals surface area contributed by atoms with Crippen molar-refractivity contribution in [3.63, 3.8) is 0 Å². The van der Waals surface area contributed by atoms with Crippen LogP contribution in [0.4, 0.5) is 0 Å². The minimum Gasteiger partial charge on any atom is 0 e. The van der Waals surface area contributed by atoms with Gasteiger partial charge in [0.05, 0.1) is 8.41 Å². The first kappa shape index (κ1) is 38.6. The van der Waals surface area contributed by atoms with Gasteiger partial charge >= 0.3 is 0 Å². The fraction of sp³-hybridized carbons (Fsp3) is 0. The Morgan fingerprint density at radius 2 is 1.00 bits per heavy atom. The molecule has 0 bridgehead atoms. The predicted molar refractivity (Wildman–Crippen MR) is 19.9 cm³/mol. The zero-order chi connectivity index (χ0) is 0. The monoisotopic (exact) mass is 156 g/mol. The van der Waals surface area contributed by atoms with E-state index in [9.17, 15) is 0 Å². The summed E-state index contributed by atoms with van der Waals surface area (Å²) >= 11 is 0. The van der Waals surface area contributed by atoms with Crippen molar-refractivity contribution in [3.8, 4) is 0 Å². The fourth-order valence-corrected chi connectivity index (χ4v) is 0. The Hall–Kier alpha value is 1.94. The molecule has 0 radical (unpaired) electrons. The van der Waals surface area contributed by atoms with Crippen LogP contribution in [0.3, 0.4) is 0 Å². The van der Waals surface area contributed by atoms with E-state index in [-0.39, 0.29) is 67.0 Å². The van der Waals surface area contributed by atoms with Crippen LogP contribution < -0.4 is 0 Å². The minimum absolute atomic E-state index is 0. The van der Waals surface area contributed by atoms with Crippen molar-refractivity contribution >= 4 is 25.8 Å². The summed E-state index contributed by atoms with van der Waals surface area (Å²) in [5.41, 5.74) is 0. The summed E-state index contributed by atoms with van der Waals surface area (Å²) in [4.78, 5) is 0. The SMILES string of the molecule is B.[AlH3].[Ti].[Zn]. The molecule has 0 aliphatic rings. The van der Waals surface area contributed by atoms with E-state index in [0.717, 1.165) is 0 Å². The Bertz CT molecular complexity index is 8.00. The third kappa shape index (κ3) is 9.05. The third-order valence-corrected chi connectivity index (χ3v) is 0. The molecule has 0 spiro atoms. The molecule has 0 aliphatic carbocycles. The summed E-state index contributed by atoms with van der Waals surface area (Å²) in [7, 11) is 0. The molecule has 0 N–H and O–H groups in total. The molecule has 4 heavy (non-hydrogen) atoms. The molecule has 18 valence electrons. The Kier molecular flexibility index (Phi) is 197. The molecular weight excluding hydrogens is 151 g/mol. The second-order valence-electron chi connectivity index (χ2n) is 0. The molecule has 4 heteroatoms. The van der Waals surface area contributed by atoms with Crippen molar-refractivity contribution in [1.82, 2.24) is 0 Å². The van der Waals surface area contributed by atoms with Crippen LogP contribution in [-0.2, 0) is 41.2 Å². The Labute approximate surface area is 66.5 Å². The summed E-state index contributed by atoms with van der Waals surface area (Å²) in [6.45, 7) is 0. The van der Waals surface area contributed by atoms with Crippen molar-refractivity contribution in [2.24, 2.45) is 0 Å². The van der Waals surface area contributed by atoms with Crippen LogP contribution in [0.2, 0.25) is 0 Å². The normalized spacial score (nSPS) is 0. The van der Waals surface area contributed by atoms with Gasteiger partial charge in [0, 0.05) is 41.2 Å². The van der Waals surface area contributed by atoms with Crippen LogP contribution in [0.5, 0.6) is 0 Å². The van der Waals surface area contributed by atoms with E-state index in [0.29, 0.717) is 0 Å². The van der Waals surface area contributed by atoms with Crippen molar-refractivity contribution < 1.29 is 41.2 Å². The molecule has 0 atom stereocenters. The van der Waals surface area contributed by atoms with E-state index in [4.69, 9.17) is 0 Å². The zero-order valence-electron chi connectivity index (χ0n) is 1.21. The maximum Gasteiger partial charge on any atom is 0.187 e. The second kappa shape index (κ2) is 20.4. The van der Waals surface area contributed by atoms with Crippen LogP contribution in [-0.4, -0.2) is 25.8 Å². The standard InChI is InChI=1S/Al.BH3.Ti.Zn.3H/h;1H3;;;;;. The molecular formula is H6AlBTiZn. The van der Waals surface area contributed by atoms with E-state index in [1.807, 2.05) is 0 Å². The number of hydrogen-bond acceptors (Lipinski definition) is 0. The largest absolute Gasteiger partial charge is 0.187 e. The second-order valence-corrected chi connectivity index (χ2v) is 0. The first-order valence-electron chi connectivity index (χ1n) is 0. The van der Waals surface area contributed by atoms with Gasteiger partial charge in [0.15, 0.2) is 17.4 Å². The summed E-state index contributed by atoms with van der Waals surface area (Å²) in [5.74, 6) is 0. The zero-order valence-corrected chi connectivity index (χ0v) is 5.74. The summed E-state index contributed by atoms with van der Waals surface area (Å²) in [6.07, 6.45) is 0. The van der Waals surface area contributed by atoms with E-state index in [2.05, 4.69) is 0 Å². The van der Waals surface area contributed by atoms with Crippen LogP contribution in [0.1, 0.15) is 0 Å². The van der Waals surface area contributed by atoms with Crippen molar-refractivity contribution in [2.75, 3.05) is 0 Å². The smallest absolute Gasteiger partial charge is 0 e. The Balaban J connectivity index is 0. The first-order chi connectivity index (χ1) is 0. The van der Waals surface area contributed by atoms with E-state index < -0.39 is 0 Å². The molecule has 0 nitrogen and oxygen atoms in total. The molecule has 0 amide bonds. The molecule has 0 aromatic heterocycles. The molecule has 0 fully saturated rings. The Morgan fingerprint density at radius 1 is 1.00 bits per heavy atom. The number of rotatable bonds is 0. The van der Waals surface area contributed by atoms with Crippen LogP contribution in [0, 0.1) is 0 Å². The van der Waals surface area contributed by atoms with Crippen molar-refractivity contribution in [3.05, 3.63) is 0 Å². The molecule has 0 rings (SSSR count). The van der Waals surface area contributed by atoms with Crippen LogP contribution >= 0.6 is 0 Å². The first-order valence-corrected chi connectivity index (χ1v) is 0. The van der Waals surface area contributed by atoms with Crippen LogP contribution in [0.25, 0.3) is 0 Å². The minimum atomic E-state index is 0. The van der Waals surface area contributed by atoms with Gasteiger partial charge in [-0.25, -0.2) is 0 Å². The average molecular weight is 157 g/mol. The van der Waals surface area contributed by atoms with E-state index in [1.165, 1.54) is 0 Å². The van der Waals surface area contributed by atoms with Gasteiger partial charge in [-0.2, -0.15) is 0 Å². The maximum absolute atomic E-state index is 0. The summed E-state index contributed by atoms with van der Waals surface area (Å²) in [6, 6.07) is 0. The molecule has 0 aromatic rings. The van der Waals surface area contributed by atoms with Gasteiger partial charge in [-0.05, 0) is 0 Å². The van der Waals surface area contributed by atoms with Crippen molar-refractivity contribution in [1.29, 1.82) is 0 Å². The van der Waals surface area contributed by atoms with Gasteiger partial charge in [0.2, 0.25) is 0 Å². The molecule has 0 unspecified atom stereocenters. The average Bonchev–Trinajstić information content (AvgIpc) is 0. The predicted octanol–water partition coefficient (Wildman–Crippen LogP) is -2.37. The van der Waals surface area contributed by atoms with Gasteiger partial charge in [-0.15, -0.1) is 0 Å². The van der Waals surface area contributed by atoms with Gasteiger partial charge in [-0.1, -0.05) is 0 Å². The molecule has 0 aromatic carbocycles. The molecule has 0 saturated heterocycles. The maximum atomic E-state index is 0. The molecule has 0 saturated carbocycles.